The maximum Gasteiger partial charge on any atom is 0.405 e. The van der Waals surface area contributed by atoms with E-state index in [2.05, 4.69) is 10.2 Å². The van der Waals surface area contributed by atoms with Gasteiger partial charge in [-0.25, -0.2) is 0 Å². The molecule has 0 saturated carbocycles. The summed E-state index contributed by atoms with van der Waals surface area (Å²) in [4.78, 5) is 12.1. The van der Waals surface area contributed by atoms with E-state index in [1.807, 2.05) is 47.8 Å². The Morgan fingerprint density at radius 1 is 1.13 bits per heavy atom. The van der Waals surface area contributed by atoms with Gasteiger partial charge in [0.05, 0.1) is 12.4 Å². The number of aromatic nitrogens is 3. The van der Waals surface area contributed by atoms with Gasteiger partial charge in [0.25, 0.3) is 0 Å². The van der Waals surface area contributed by atoms with E-state index in [9.17, 15) is 18.0 Å². The molecule has 0 aliphatic heterocycles. The van der Waals surface area contributed by atoms with Crippen molar-refractivity contribution in [1.82, 2.24) is 20.1 Å². The molecule has 0 bridgehead atoms. The van der Waals surface area contributed by atoms with E-state index in [1.54, 1.807) is 23.8 Å². The molecule has 0 saturated heterocycles. The van der Waals surface area contributed by atoms with Gasteiger partial charge in [-0.1, -0.05) is 30.0 Å². The number of amides is 1. The highest BCUT2D eigenvalue weighted by atomic mass is 32.2. The van der Waals surface area contributed by atoms with Crippen molar-refractivity contribution >= 4 is 17.7 Å². The highest BCUT2D eigenvalue weighted by Gasteiger charge is 2.29. The molecule has 1 N–H and O–H groups in total. The summed E-state index contributed by atoms with van der Waals surface area (Å²) in [6.45, 7) is 0.145. The number of para-hydroxylation sites is 1. The van der Waals surface area contributed by atoms with Gasteiger partial charge in [0.2, 0.25) is 5.91 Å². The van der Waals surface area contributed by atoms with Gasteiger partial charge in [0.1, 0.15) is 12.3 Å². The lowest BCUT2D eigenvalue weighted by Gasteiger charge is -2.14. The Morgan fingerprint density at radius 3 is 2.40 bits per heavy atom. The van der Waals surface area contributed by atoms with Crippen molar-refractivity contribution < 1.29 is 22.7 Å². The van der Waals surface area contributed by atoms with Crippen LogP contribution in [0.25, 0.3) is 17.1 Å². The number of nitrogens with zero attached hydrogens (tertiary/aromatic N) is 3. The number of alkyl halides is 3. The molecule has 1 amide bonds. The fourth-order valence-electron chi connectivity index (χ4n) is 2.63. The lowest BCUT2D eigenvalue weighted by molar-refractivity contribution is -0.137. The number of benzene rings is 2. The second-order valence-electron chi connectivity index (χ2n) is 6.30. The number of methoxy groups -OCH3 is 1. The van der Waals surface area contributed by atoms with Crippen LogP contribution >= 0.6 is 11.8 Å². The number of hydrogen-bond acceptors (Lipinski definition) is 5. The first-order chi connectivity index (χ1) is 14.3. The van der Waals surface area contributed by atoms with Crippen LogP contribution in [0, 0.1) is 0 Å². The van der Waals surface area contributed by atoms with Crippen LogP contribution in [0.1, 0.15) is 6.92 Å². The van der Waals surface area contributed by atoms with Crippen molar-refractivity contribution in [2.45, 2.75) is 23.5 Å². The molecule has 0 fully saturated rings. The molecular weight excluding hydrogens is 417 g/mol. The van der Waals surface area contributed by atoms with Crippen LogP contribution in [-0.4, -0.2) is 45.8 Å². The first-order valence-corrected chi connectivity index (χ1v) is 9.83. The summed E-state index contributed by atoms with van der Waals surface area (Å²) >= 11 is 1.03. The van der Waals surface area contributed by atoms with E-state index in [1.165, 1.54) is 6.92 Å². The summed E-state index contributed by atoms with van der Waals surface area (Å²) in [7, 11) is 1.57. The molecule has 0 aliphatic carbocycles. The van der Waals surface area contributed by atoms with Crippen molar-refractivity contribution in [3.63, 3.8) is 0 Å². The SMILES string of the molecule is COc1ccc(-c2nnc(SC(C)C(=O)NCC(F)(F)F)n2-c2ccccc2)cc1. The molecule has 2 aromatic carbocycles. The molecule has 0 aliphatic rings. The average molecular weight is 436 g/mol. The Labute approximate surface area is 175 Å². The second-order valence-corrected chi connectivity index (χ2v) is 7.61. The number of halogens is 3. The smallest absolute Gasteiger partial charge is 0.405 e. The zero-order valence-corrected chi connectivity index (χ0v) is 17.0. The van der Waals surface area contributed by atoms with Gasteiger partial charge in [-0.05, 0) is 43.3 Å². The third-order valence-corrected chi connectivity index (χ3v) is 5.15. The zero-order chi connectivity index (χ0) is 21.7. The molecule has 1 aromatic heterocycles. The molecule has 1 heterocycles. The van der Waals surface area contributed by atoms with Crippen LogP contribution in [0.2, 0.25) is 0 Å². The molecule has 0 radical (unpaired) electrons. The van der Waals surface area contributed by atoms with Gasteiger partial charge in [-0.3, -0.25) is 9.36 Å². The minimum absolute atomic E-state index is 0.390. The lowest BCUT2D eigenvalue weighted by Crippen LogP contribution is -2.38. The summed E-state index contributed by atoms with van der Waals surface area (Å²) in [5.74, 6) is 0.495. The zero-order valence-electron chi connectivity index (χ0n) is 16.2. The van der Waals surface area contributed by atoms with Crippen molar-refractivity contribution in [1.29, 1.82) is 0 Å². The molecule has 0 spiro atoms. The predicted octanol–water partition coefficient (Wildman–Crippen LogP) is 4.10. The van der Waals surface area contributed by atoms with Crippen LogP contribution in [0.3, 0.4) is 0 Å². The quantitative estimate of drug-likeness (QED) is 0.565. The summed E-state index contributed by atoms with van der Waals surface area (Å²) in [6.07, 6.45) is -4.47. The minimum Gasteiger partial charge on any atom is -0.497 e. The van der Waals surface area contributed by atoms with Gasteiger partial charge in [-0.15, -0.1) is 10.2 Å². The molecule has 6 nitrogen and oxygen atoms in total. The Balaban J connectivity index is 1.91. The van der Waals surface area contributed by atoms with Gasteiger partial charge in [-0.2, -0.15) is 13.2 Å². The number of hydrogen-bond donors (Lipinski definition) is 1. The van der Waals surface area contributed by atoms with E-state index in [0.717, 1.165) is 23.0 Å². The second kappa shape index (κ2) is 9.21. The van der Waals surface area contributed by atoms with Crippen LogP contribution in [-0.2, 0) is 4.79 Å². The molecule has 3 rings (SSSR count). The van der Waals surface area contributed by atoms with E-state index in [0.29, 0.717) is 16.7 Å². The Hall–Kier alpha value is -3.01. The number of thioether (sulfide) groups is 1. The summed E-state index contributed by atoms with van der Waals surface area (Å²) < 4.78 is 44.1. The topological polar surface area (TPSA) is 69.0 Å². The highest BCUT2D eigenvalue weighted by Crippen LogP contribution is 2.31. The molecule has 1 atom stereocenters. The maximum absolute atomic E-state index is 12.4. The Kier molecular flexibility index (Phi) is 6.66. The van der Waals surface area contributed by atoms with E-state index in [-0.39, 0.29) is 0 Å². The van der Waals surface area contributed by atoms with Crippen molar-refractivity contribution in [3.8, 4) is 22.8 Å². The molecule has 158 valence electrons. The van der Waals surface area contributed by atoms with E-state index < -0.39 is 23.9 Å². The fraction of sp³-hybridized carbons (Fsp3) is 0.250. The summed E-state index contributed by atoms with van der Waals surface area (Å²) in [5, 5.41) is 9.93. The maximum atomic E-state index is 12.4. The first-order valence-electron chi connectivity index (χ1n) is 8.95. The van der Waals surface area contributed by atoms with Crippen molar-refractivity contribution in [2.75, 3.05) is 13.7 Å². The van der Waals surface area contributed by atoms with Crippen LogP contribution in [0.4, 0.5) is 13.2 Å². The molecule has 10 heteroatoms. The third-order valence-electron chi connectivity index (χ3n) is 4.11. The minimum atomic E-state index is -4.47. The van der Waals surface area contributed by atoms with Crippen LogP contribution in [0.15, 0.2) is 59.8 Å². The standard InChI is InChI=1S/C20H19F3N4O2S/c1-13(18(28)24-12-20(21,22)23)30-19-26-25-17(14-8-10-16(29-2)11-9-14)27(19)15-6-4-3-5-7-15/h3-11,13H,12H2,1-2H3,(H,24,28). The number of carbonyl (C=O) groups is 1. The first kappa shape index (κ1) is 21.7. The third kappa shape index (κ3) is 5.32. The normalized spacial score (nSPS) is 12.4. The number of rotatable bonds is 7. The van der Waals surface area contributed by atoms with Crippen molar-refractivity contribution in [3.05, 3.63) is 54.6 Å². The summed E-state index contributed by atoms with van der Waals surface area (Å²) in [5.41, 5.74) is 1.53. The Morgan fingerprint density at radius 2 is 1.80 bits per heavy atom. The Bertz CT molecular complexity index is 992. The molecular formula is C20H19F3N4O2S. The number of ether oxygens (including phenoxy) is 1. The van der Waals surface area contributed by atoms with Gasteiger partial charge in [0.15, 0.2) is 11.0 Å². The van der Waals surface area contributed by atoms with Gasteiger partial charge in [0, 0.05) is 11.3 Å². The number of nitrogens with one attached hydrogen (secondary N) is 1. The molecule has 1 unspecified atom stereocenters. The predicted molar refractivity (Wildman–Crippen MR) is 108 cm³/mol. The number of carbonyl (C=O) groups excluding carboxylic acids is 1. The molecule has 3 aromatic rings. The monoisotopic (exact) mass is 436 g/mol. The highest BCUT2D eigenvalue weighted by molar-refractivity contribution is 8.00. The summed E-state index contributed by atoms with van der Waals surface area (Å²) in [6, 6.07) is 16.5. The largest absolute Gasteiger partial charge is 0.497 e. The average Bonchev–Trinajstić information content (AvgIpc) is 3.15. The van der Waals surface area contributed by atoms with Gasteiger partial charge < -0.3 is 10.1 Å². The van der Waals surface area contributed by atoms with Crippen LogP contribution < -0.4 is 10.1 Å². The van der Waals surface area contributed by atoms with Crippen molar-refractivity contribution in [2.24, 2.45) is 0 Å². The van der Waals surface area contributed by atoms with E-state index >= 15 is 0 Å². The van der Waals surface area contributed by atoms with Gasteiger partial charge >= 0.3 is 6.18 Å². The molecule has 30 heavy (non-hydrogen) atoms. The van der Waals surface area contributed by atoms with E-state index in [4.69, 9.17) is 4.74 Å². The fourth-order valence-corrected chi connectivity index (χ4v) is 3.52. The van der Waals surface area contributed by atoms with Crippen LogP contribution in [0.5, 0.6) is 5.75 Å². The lowest BCUT2D eigenvalue weighted by atomic mass is 10.2.